The van der Waals surface area contributed by atoms with Gasteiger partial charge in [-0.2, -0.15) is 5.26 Å². The SMILES string of the molecule is CC.CC.CC.CC(C)Oc1ccccc1S(C)(=O)=O.N#Cc1ccccc1OC1CC1. The van der Waals surface area contributed by atoms with Gasteiger partial charge in [0, 0.05) is 6.26 Å². The zero-order chi connectivity index (χ0) is 25.2. The molecule has 5 nitrogen and oxygen atoms in total. The lowest BCUT2D eigenvalue weighted by Crippen LogP contribution is -2.09. The van der Waals surface area contributed by atoms with Crippen LogP contribution in [-0.2, 0) is 9.84 Å². The highest BCUT2D eigenvalue weighted by atomic mass is 32.2. The molecule has 2 aromatic rings. The van der Waals surface area contributed by atoms with Crippen LogP contribution in [0, 0.1) is 11.3 Å². The van der Waals surface area contributed by atoms with Gasteiger partial charge in [0.2, 0.25) is 0 Å². The fraction of sp³-hybridized carbons (Fsp3) is 0.500. The Morgan fingerprint density at radius 2 is 1.34 bits per heavy atom. The van der Waals surface area contributed by atoms with E-state index in [0.717, 1.165) is 18.6 Å². The fourth-order valence-electron chi connectivity index (χ4n) is 2.14. The molecule has 0 bridgehead atoms. The van der Waals surface area contributed by atoms with Crippen LogP contribution in [-0.4, -0.2) is 26.9 Å². The third-order valence-electron chi connectivity index (χ3n) is 3.44. The second kappa shape index (κ2) is 18.1. The Morgan fingerprint density at radius 3 is 1.78 bits per heavy atom. The highest BCUT2D eigenvalue weighted by molar-refractivity contribution is 7.90. The molecule has 1 aliphatic carbocycles. The third-order valence-corrected chi connectivity index (χ3v) is 4.57. The first-order chi connectivity index (χ1) is 15.3. The molecule has 0 spiro atoms. The molecule has 0 N–H and O–H groups in total. The molecule has 1 saturated carbocycles. The molecule has 32 heavy (non-hydrogen) atoms. The lowest BCUT2D eigenvalue weighted by atomic mass is 10.2. The summed E-state index contributed by atoms with van der Waals surface area (Å²) in [5.74, 6) is 1.15. The van der Waals surface area contributed by atoms with E-state index in [1.54, 1.807) is 30.3 Å². The summed E-state index contributed by atoms with van der Waals surface area (Å²) in [5.41, 5.74) is 0.629. The number of nitrogens with zero attached hydrogens (tertiary/aromatic N) is 1. The van der Waals surface area contributed by atoms with Crippen LogP contribution in [0.15, 0.2) is 53.4 Å². The lowest BCUT2D eigenvalue weighted by Gasteiger charge is -2.12. The van der Waals surface area contributed by atoms with Gasteiger partial charge in [-0.15, -0.1) is 0 Å². The van der Waals surface area contributed by atoms with E-state index < -0.39 is 9.84 Å². The van der Waals surface area contributed by atoms with E-state index in [1.807, 2.05) is 73.6 Å². The van der Waals surface area contributed by atoms with Gasteiger partial charge in [0.25, 0.3) is 0 Å². The monoisotopic (exact) mass is 463 g/mol. The van der Waals surface area contributed by atoms with E-state index >= 15 is 0 Å². The number of rotatable bonds is 5. The molecule has 2 aromatic carbocycles. The van der Waals surface area contributed by atoms with Crippen molar-refractivity contribution in [3.63, 3.8) is 0 Å². The Morgan fingerprint density at radius 1 is 0.875 bits per heavy atom. The first-order valence-corrected chi connectivity index (χ1v) is 13.3. The average molecular weight is 464 g/mol. The molecule has 0 aromatic heterocycles. The molecular formula is C26H41NO4S. The first-order valence-electron chi connectivity index (χ1n) is 11.4. The third kappa shape index (κ3) is 13.0. The summed E-state index contributed by atoms with van der Waals surface area (Å²) in [6.07, 6.45) is 3.76. The van der Waals surface area contributed by atoms with Crippen LogP contribution in [0.2, 0.25) is 0 Å². The lowest BCUT2D eigenvalue weighted by molar-refractivity contribution is 0.236. The van der Waals surface area contributed by atoms with E-state index in [0.29, 0.717) is 17.4 Å². The van der Waals surface area contributed by atoms with Crippen molar-refractivity contribution in [3.8, 4) is 17.6 Å². The Labute approximate surface area is 196 Å². The van der Waals surface area contributed by atoms with Gasteiger partial charge in [-0.3, -0.25) is 0 Å². The molecule has 180 valence electrons. The van der Waals surface area contributed by atoms with Crippen molar-refractivity contribution in [2.45, 2.75) is 85.3 Å². The summed E-state index contributed by atoms with van der Waals surface area (Å²) in [6.45, 7) is 15.7. The molecule has 0 atom stereocenters. The first kappa shape index (κ1) is 31.7. The van der Waals surface area contributed by atoms with Crippen LogP contribution < -0.4 is 9.47 Å². The normalized spacial score (nSPS) is 11.4. The van der Waals surface area contributed by atoms with E-state index in [2.05, 4.69) is 6.07 Å². The number of hydrogen-bond acceptors (Lipinski definition) is 5. The molecular weight excluding hydrogens is 422 g/mol. The minimum atomic E-state index is -3.20. The molecule has 0 radical (unpaired) electrons. The maximum Gasteiger partial charge on any atom is 0.179 e. The molecule has 0 aliphatic heterocycles. The quantitative estimate of drug-likeness (QED) is 0.474. The van der Waals surface area contributed by atoms with Gasteiger partial charge in [-0.25, -0.2) is 8.42 Å². The Bertz CT molecular complexity index is 883. The number of benzene rings is 2. The van der Waals surface area contributed by atoms with Gasteiger partial charge in [-0.05, 0) is 51.0 Å². The van der Waals surface area contributed by atoms with Crippen molar-refractivity contribution in [1.82, 2.24) is 0 Å². The van der Waals surface area contributed by atoms with Gasteiger partial charge in [0.05, 0.1) is 17.8 Å². The fourth-order valence-corrected chi connectivity index (χ4v) is 2.94. The van der Waals surface area contributed by atoms with Crippen LogP contribution in [0.1, 0.15) is 73.8 Å². The largest absolute Gasteiger partial charge is 0.490 e. The van der Waals surface area contributed by atoms with Crippen molar-refractivity contribution in [2.75, 3.05) is 6.26 Å². The number of hydrogen-bond donors (Lipinski definition) is 0. The number of nitriles is 1. The second-order valence-corrected chi connectivity index (χ2v) is 8.29. The van der Waals surface area contributed by atoms with Crippen LogP contribution in [0.3, 0.4) is 0 Å². The Balaban J connectivity index is 0. The van der Waals surface area contributed by atoms with E-state index in [-0.39, 0.29) is 11.0 Å². The molecule has 0 saturated heterocycles. The molecule has 0 heterocycles. The van der Waals surface area contributed by atoms with Crippen molar-refractivity contribution in [1.29, 1.82) is 5.26 Å². The second-order valence-electron chi connectivity index (χ2n) is 6.31. The van der Waals surface area contributed by atoms with Crippen LogP contribution in [0.5, 0.6) is 11.5 Å². The summed E-state index contributed by atoms with van der Waals surface area (Å²) in [5, 5.41) is 8.72. The minimum absolute atomic E-state index is 0.0297. The van der Waals surface area contributed by atoms with Gasteiger partial charge in [-0.1, -0.05) is 65.8 Å². The predicted molar refractivity (Wildman–Crippen MR) is 134 cm³/mol. The summed E-state index contributed by atoms with van der Waals surface area (Å²) < 4.78 is 33.6. The molecule has 0 amide bonds. The van der Waals surface area contributed by atoms with Crippen molar-refractivity contribution >= 4 is 9.84 Å². The molecule has 6 heteroatoms. The Hall–Kier alpha value is -2.52. The van der Waals surface area contributed by atoms with E-state index in [9.17, 15) is 8.42 Å². The van der Waals surface area contributed by atoms with Gasteiger partial charge in [0.1, 0.15) is 22.5 Å². The summed E-state index contributed by atoms with van der Waals surface area (Å²) in [6, 6.07) is 16.1. The van der Waals surface area contributed by atoms with Gasteiger partial charge < -0.3 is 9.47 Å². The van der Waals surface area contributed by atoms with Crippen LogP contribution in [0.25, 0.3) is 0 Å². The molecule has 3 rings (SSSR count). The highest BCUT2D eigenvalue weighted by Gasteiger charge is 2.24. The van der Waals surface area contributed by atoms with Crippen molar-refractivity contribution in [3.05, 3.63) is 54.1 Å². The van der Waals surface area contributed by atoms with Crippen molar-refractivity contribution in [2.24, 2.45) is 0 Å². The standard InChI is InChI=1S/C10H9NO.C10H14O3S.3C2H6/c11-7-8-3-1-2-4-10(8)12-9-5-6-9;1-8(2)13-9-6-4-5-7-10(9)14(3,11)12;3*1-2/h1-4,9H,5-6H2;4-8H,1-3H3;3*1-2H3. The maximum absolute atomic E-state index is 11.4. The smallest absolute Gasteiger partial charge is 0.179 e. The zero-order valence-electron chi connectivity index (χ0n) is 21.2. The molecule has 1 fully saturated rings. The number of sulfone groups is 1. The zero-order valence-corrected chi connectivity index (χ0v) is 22.0. The molecule has 0 unspecified atom stereocenters. The van der Waals surface area contributed by atoms with Crippen LogP contribution in [0.4, 0.5) is 0 Å². The Kier molecular flexibility index (Phi) is 17.9. The average Bonchev–Trinajstić information content (AvgIpc) is 3.62. The minimum Gasteiger partial charge on any atom is -0.490 e. The van der Waals surface area contributed by atoms with Crippen LogP contribution >= 0.6 is 0 Å². The molecule has 1 aliphatic rings. The number of para-hydroxylation sites is 2. The maximum atomic E-state index is 11.4. The summed E-state index contributed by atoms with van der Waals surface area (Å²) in [7, 11) is -3.20. The number of ether oxygens (including phenoxy) is 2. The topological polar surface area (TPSA) is 76.4 Å². The van der Waals surface area contributed by atoms with Gasteiger partial charge in [0.15, 0.2) is 9.84 Å². The van der Waals surface area contributed by atoms with Crippen molar-refractivity contribution < 1.29 is 17.9 Å². The summed E-state index contributed by atoms with van der Waals surface area (Å²) in [4.78, 5) is 0.244. The van der Waals surface area contributed by atoms with E-state index in [1.165, 1.54) is 6.26 Å². The predicted octanol–water partition coefficient (Wildman–Crippen LogP) is 7.06. The summed E-state index contributed by atoms with van der Waals surface area (Å²) >= 11 is 0. The van der Waals surface area contributed by atoms with Gasteiger partial charge >= 0.3 is 0 Å². The van der Waals surface area contributed by atoms with E-state index in [4.69, 9.17) is 14.7 Å². The highest BCUT2D eigenvalue weighted by Crippen LogP contribution is 2.28.